The Morgan fingerprint density at radius 2 is 1.83 bits per heavy atom. The van der Waals surface area contributed by atoms with Crippen molar-refractivity contribution in [3.8, 4) is 0 Å². The van der Waals surface area contributed by atoms with Crippen LogP contribution in [0.1, 0.15) is 30.9 Å². The van der Waals surface area contributed by atoms with Crippen LogP contribution in [0.4, 0.5) is 5.69 Å². The van der Waals surface area contributed by atoms with Gasteiger partial charge in [-0.15, -0.1) is 0 Å². The molecule has 24 heavy (non-hydrogen) atoms. The molecule has 2 aromatic carbocycles. The zero-order valence-corrected chi connectivity index (χ0v) is 15.0. The fraction of sp³-hybridized carbons (Fsp3) is 0.158. The maximum Gasteiger partial charge on any atom is 0.264 e. The normalized spacial score (nSPS) is 17.8. The highest BCUT2D eigenvalue weighted by molar-refractivity contribution is 8.18. The Morgan fingerprint density at radius 1 is 1.12 bits per heavy atom. The standard InChI is InChI=1S/C19H17ClN2OS/c1-12(2)14-9-7-13(8-10-14)11-17-18(23)22-19(24-17)21-16-6-4-3-5-15(16)20/h3-12H,1-2H3,(H,21,22,23)/b17-11-. The van der Waals surface area contributed by atoms with Crippen molar-refractivity contribution in [3.05, 3.63) is 69.6 Å². The number of carbonyl (C=O) groups is 1. The molecule has 1 fully saturated rings. The number of hydrogen-bond donors (Lipinski definition) is 1. The number of hydrogen-bond acceptors (Lipinski definition) is 3. The topological polar surface area (TPSA) is 41.5 Å². The van der Waals surface area contributed by atoms with Crippen molar-refractivity contribution in [3.63, 3.8) is 0 Å². The number of nitrogens with one attached hydrogen (secondary N) is 1. The van der Waals surface area contributed by atoms with E-state index in [1.54, 1.807) is 6.07 Å². The van der Waals surface area contributed by atoms with Crippen LogP contribution >= 0.6 is 23.4 Å². The molecule has 0 spiro atoms. The number of amidine groups is 1. The van der Waals surface area contributed by atoms with Crippen LogP contribution in [-0.4, -0.2) is 11.1 Å². The first kappa shape index (κ1) is 16.8. The molecule has 0 radical (unpaired) electrons. The van der Waals surface area contributed by atoms with E-state index in [-0.39, 0.29) is 5.91 Å². The van der Waals surface area contributed by atoms with Gasteiger partial charge in [-0.1, -0.05) is 61.8 Å². The van der Waals surface area contributed by atoms with Crippen LogP contribution < -0.4 is 5.32 Å². The van der Waals surface area contributed by atoms with E-state index < -0.39 is 0 Å². The van der Waals surface area contributed by atoms with Crippen LogP contribution in [0.15, 0.2) is 58.4 Å². The molecular weight excluding hydrogens is 340 g/mol. The third kappa shape index (κ3) is 3.89. The van der Waals surface area contributed by atoms with Gasteiger partial charge < -0.3 is 5.32 Å². The maximum atomic E-state index is 12.1. The number of benzene rings is 2. The zero-order valence-electron chi connectivity index (χ0n) is 13.4. The summed E-state index contributed by atoms with van der Waals surface area (Å²) < 4.78 is 0. The molecule has 0 atom stereocenters. The molecule has 122 valence electrons. The van der Waals surface area contributed by atoms with Gasteiger partial charge >= 0.3 is 0 Å². The van der Waals surface area contributed by atoms with Gasteiger partial charge in [-0.3, -0.25) is 4.79 Å². The molecule has 3 nitrogen and oxygen atoms in total. The van der Waals surface area contributed by atoms with Gasteiger partial charge in [0.05, 0.1) is 15.6 Å². The van der Waals surface area contributed by atoms with Gasteiger partial charge in [0.2, 0.25) is 0 Å². The van der Waals surface area contributed by atoms with Crippen molar-refractivity contribution in [2.75, 3.05) is 0 Å². The number of halogens is 1. The van der Waals surface area contributed by atoms with E-state index in [1.165, 1.54) is 17.3 Å². The lowest BCUT2D eigenvalue weighted by Gasteiger charge is -2.04. The van der Waals surface area contributed by atoms with E-state index in [2.05, 4.69) is 36.3 Å². The Hall–Kier alpha value is -2.04. The summed E-state index contributed by atoms with van der Waals surface area (Å²) in [5.41, 5.74) is 2.92. The predicted octanol–water partition coefficient (Wildman–Crippen LogP) is 5.36. The average molecular weight is 357 g/mol. The minimum absolute atomic E-state index is 0.140. The first-order chi connectivity index (χ1) is 11.5. The average Bonchev–Trinajstić information content (AvgIpc) is 2.90. The van der Waals surface area contributed by atoms with E-state index in [1.807, 2.05) is 36.4 Å². The van der Waals surface area contributed by atoms with E-state index in [4.69, 9.17) is 11.6 Å². The molecule has 2 aromatic rings. The van der Waals surface area contributed by atoms with Crippen molar-refractivity contribution in [1.82, 2.24) is 5.32 Å². The van der Waals surface area contributed by atoms with Crippen LogP contribution in [0.5, 0.6) is 0 Å². The second-order valence-corrected chi connectivity index (χ2v) is 7.19. The minimum Gasteiger partial charge on any atom is -0.300 e. The third-order valence-corrected chi connectivity index (χ3v) is 4.86. The number of nitrogens with zero attached hydrogens (tertiary/aromatic N) is 1. The van der Waals surface area contributed by atoms with E-state index in [0.29, 0.717) is 26.7 Å². The number of thioether (sulfide) groups is 1. The number of amides is 1. The quantitative estimate of drug-likeness (QED) is 0.752. The van der Waals surface area contributed by atoms with Crippen LogP contribution in [0.25, 0.3) is 6.08 Å². The molecule has 0 aliphatic carbocycles. The van der Waals surface area contributed by atoms with Crippen LogP contribution in [0.3, 0.4) is 0 Å². The molecule has 0 bridgehead atoms. The SMILES string of the molecule is CC(C)c1ccc(/C=C2\SC(=Nc3ccccc3Cl)NC2=O)cc1. The minimum atomic E-state index is -0.140. The van der Waals surface area contributed by atoms with Crippen molar-refractivity contribution in [1.29, 1.82) is 0 Å². The van der Waals surface area contributed by atoms with E-state index >= 15 is 0 Å². The summed E-state index contributed by atoms with van der Waals surface area (Å²) in [5, 5.41) is 3.87. The Morgan fingerprint density at radius 3 is 2.50 bits per heavy atom. The number of rotatable bonds is 3. The third-order valence-electron chi connectivity index (χ3n) is 3.63. The fourth-order valence-electron chi connectivity index (χ4n) is 2.26. The number of para-hydroxylation sites is 1. The first-order valence-electron chi connectivity index (χ1n) is 7.67. The zero-order chi connectivity index (χ0) is 17.1. The number of carbonyl (C=O) groups excluding carboxylic acids is 1. The largest absolute Gasteiger partial charge is 0.300 e. The van der Waals surface area contributed by atoms with Gasteiger partial charge in [-0.25, -0.2) is 4.99 Å². The maximum absolute atomic E-state index is 12.1. The summed E-state index contributed by atoms with van der Waals surface area (Å²) in [6.45, 7) is 4.32. The van der Waals surface area contributed by atoms with Gasteiger partial charge in [0.1, 0.15) is 0 Å². The fourth-order valence-corrected chi connectivity index (χ4v) is 3.27. The van der Waals surface area contributed by atoms with Gasteiger partial charge in [-0.2, -0.15) is 0 Å². The van der Waals surface area contributed by atoms with Crippen molar-refractivity contribution in [2.45, 2.75) is 19.8 Å². The highest BCUT2D eigenvalue weighted by Crippen LogP contribution is 2.30. The summed E-state index contributed by atoms with van der Waals surface area (Å²) >= 11 is 7.42. The van der Waals surface area contributed by atoms with E-state index in [9.17, 15) is 4.79 Å². The predicted molar refractivity (Wildman–Crippen MR) is 103 cm³/mol. The molecule has 3 rings (SSSR count). The summed E-state index contributed by atoms with van der Waals surface area (Å²) in [7, 11) is 0. The van der Waals surface area contributed by atoms with Crippen LogP contribution in [-0.2, 0) is 4.79 Å². The van der Waals surface area contributed by atoms with Gasteiger partial charge in [-0.05, 0) is 47.0 Å². The highest BCUT2D eigenvalue weighted by atomic mass is 35.5. The smallest absolute Gasteiger partial charge is 0.264 e. The molecule has 0 unspecified atom stereocenters. The Balaban J connectivity index is 1.81. The van der Waals surface area contributed by atoms with Gasteiger partial charge in [0.15, 0.2) is 5.17 Å². The molecule has 1 saturated heterocycles. The molecule has 1 N–H and O–H groups in total. The molecule has 1 heterocycles. The Kier molecular flexibility index (Phi) is 5.07. The summed E-state index contributed by atoms with van der Waals surface area (Å²) in [5.74, 6) is 0.351. The van der Waals surface area contributed by atoms with Crippen molar-refractivity contribution >= 4 is 46.2 Å². The van der Waals surface area contributed by atoms with Crippen LogP contribution in [0, 0.1) is 0 Å². The van der Waals surface area contributed by atoms with Crippen molar-refractivity contribution in [2.24, 2.45) is 4.99 Å². The number of aliphatic imine (C=N–C) groups is 1. The molecule has 1 aliphatic rings. The van der Waals surface area contributed by atoms with Gasteiger partial charge in [0.25, 0.3) is 5.91 Å². The summed E-state index contributed by atoms with van der Waals surface area (Å²) in [4.78, 5) is 17.2. The monoisotopic (exact) mass is 356 g/mol. The molecule has 1 amide bonds. The molecule has 1 aliphatic heterocycles. The molecule has 5 heteroatoms. The summed E-state index contributed by atoms with van der Waals surface area (Å²) in [6, 6.07) is 15.5. The second-order valence-electron chi connectivity index (χ2n) is 5.75. The lowest BCUT2D eigenvalue weighted by molar-refractivity contribution is -0.115. The van der Waals surface area contributed by atoms with Crippen LogP contribution in [0.2, 0.25) is 5.02 Å². The Labute approximate surface area is 150 Å². The molecule has 0 saturated carbocycles. The molecular formula is C19H17ClN2OS. The second kappa shape index (κ2) is 7.24. The lowest BCUT2D eigenvalue weighted by Crippen LogP contribution is -2.19. The Bertz CT molecular complexity index is 826. The summed E-state index contributed by atoms with van der Waals surface area (Å²) in [6.07, 6.45) is 1.87. The molecule has 0 aromatic heterocycles. The lowest BCUT2D eigenvalue weighted by atomic mass is 10.0. The highest BCUT2D eigenvalue weighted by Gasteiger charge is 2.24. The van der Waals surface area contributed by atoms with Crippen molar-refractivity contribution < 1.29 is 4.79 Å². The first-order valence-corrected chi connectivity index (χ1v) is 8.86. The van der Waals surface area contributed by atoms with E-state index in [0.717, 1.165) is 5.56 Å². The van der Waals surface area contributed by atoms with Gasteiger partial charge in [0, 0.05) is 0 Å².